The van der Waals surface area contributed by atoms with Gasteiger partial charge in [-0.25, -0.2) is 5.01 Å². The number of nitrogens with zero attached hydrogens (tertiary/aromatic N) is 2. The van der Waals surface area contributed by atoms with Gasteiger partial charge in [-0.3, -0.25) is 4.79 Å². The van der Waals surface area contributed by atoms with Crippen LogP contribution >= 0.6 is 0 Å². The van der Waals surface area contributed by atoms with Crippen LogP contribution in [-0.2, 0) is 22.5 Å². The summed E-state index contributed by atoms with van der Waals surface area (Å²) >= 11 is 0. The topological polar surface area (TPSA) is 41.9 Å². The lowest BCUT2D eigenvalue weighted by Crippen LogP contribution is -2.36. The fraction of sp³-hybridized carbons (Fsp3) is 0.440. The van der Waals surface area contributed by atoms with Gasteiger partial charge >= 0.3 is 0 Å². The van der Waals surface area contributed by atoms with E-state index in [1.54, 1.807) is 5.01 Å². The number of rotatable bonds is 7. The summed E-state index contributed by atoms with van der Waals surface area (Å²) in [7, 11) is 0. The van der Waals surface area contributed by atoms with Gasteiger partial charge in [-0.15, -0.1) is 5.10 Å². The van der Waals surface area contributed by atoms with Crippen molar-refractivity contribution in [3.05, 3.63) is 70.8 Å². The first kappa shape index (κ1) is 19.7. The Morgan fingerprint density at radius 3 is 2.72 bits per heavy atom. The summed E-state index contributed by atoms with van der Waals surface area (Å²) < 4.78 is 5.60. The largest absolute Gasteiger partial charge is 0.466 e. The zero-order valence-corrected chi connectivity index (χ0v) is 17.2. The first-order chi connectivity index (χ1) is 14.3. The molecule has 1 fully saturated rings. The molecule has 1 saturated carbocycles. The second-order valence-corrected chi connectivity index (χ2v) is 7.99. The van der Waals surface area contributed by atoms with E-state index in [2.05, 4.69) is 24.2 Å². The van der Waals surface area contributed by atoms with E-state index in [0.717, 1.165) is 24.8 Å². The molecule has 0 N–H and O–H groups in total. The second kappa shape index (κ2) is 9.25. The minimum Gasteiger partial charge on any atom is -0.466 e. The highest BCUT2D eigenvalue weighted by molar-refractivity contribution is 5.97. The van der Waals surface area contributed by atoms with E-state index in [-0.39, 0.29) is 12.5 Å². The lowest BCUT2D eigenvalue weighted by molar-refractivity contribution is -0.136. The average Bonchev–Trinajstić information content (AvgIpc) is 3.29. The van der Waals surface area contributed by atoms with Gasteiger partial charge < -0.3 is 4.74 Å². The van der Waals surface area contributed by atoms with Crippen molar-refractivity contribution in [2.45, 2.75) is 64.3 Å². The van der Waals surface area contributed by atoms with Gasteiger partial charge in [-0.1, -0.05) is 56.5 Å². The molecule has 0 aromatic heterocycles. The van der Waals surface area contributed by atoms with Gasteiger partial charge in [0.25, 0.3) is 5.91 Å². The maximum Gasteiger partial charge on any atom is 0.281 e. The fourth-order valence-corrected chi connectivity index (χ4v) is 4.37. The van der Waals surface area contributed by atoms with Crippen LogP contribution in [0.1, 0.15) is 73.6 Å². The molecule has 151 valence electrons. The Labute approximate surface area is 173 Å². The van der Waals surface area contributed by atoms with Crippen molar-refractivity contribution in [2.75, 3.05) is 6.61 Å². The summed E-state index contributed by atoms with van der Waals surface area (Å²) in [5.74, 6) is 1.03. The van der Waals surface area contributed by atoms with Crippen LogP contribution in [0.4, 0.5) is 0 Å². The molecule has 0 atom stereocenters. The molecule has 1 radical (unpaired) electrons. The summed E-state index contributed by atoms with van der Waals surface area (Å²) in [5.41, 5.74) is 4.85. The Hall–Kier alpha value is -2.62. The minimum atomic E-state index is -0.0960. The van der Waals surface area contributed by atoms with Gasteiger partial charge in [0.15, 0.2) is 6.61 Å². The molecule has 4 nitrogen and oxygen atoms in total. The highest BCUT2D eigenvalue weighted by atomic mass is 16.5. The molecule has 0 unspecified atom stereocenters. The Balaban J connectivity index is 1.63. The fourth-order valence-electron chi connectivity index (χ4n) is 4.37. The third-order valence-electron chi connectivity index (χ3n) is 5.95. The minimum absolute atomic E-state index is 0.0342. The third kappa shape index (κ3) is 4.52. The second-order valence-electron chi connectivity index (χ2n) is 7.99. The molecule has 2 aromatic rings. The van der Waals surface area contributed by atoms with E-state index in [1.165, 1.54) is 42.4 Å². The number of carbonyl (C=O) groups excluding carboxylic acids is 1. The quantitative estimate of drug-likeness (QED) is 0.652. The zero-order chi connectivity index (χ0) is 20.1. The van der Waals surface area contributed by atoms with Gasteiger partial charge in [-0.05, 0) is 66.5 Å². The van der Waals surface area contributed by atoms with Gasteiger partial charge in [-0.2, -0.15) is 0 Å². The molecular formula is C25H29N2O2. The van der Waals surface area contributed by atoms with Crippen molar-refractivity contribution < 1.29 is 9.53 Å². The lowest BCUT2D eigenvalue weighted by atomic mass is 9.87. The average molecular weight is 390 g/mol. The van der Waals surface area contributed by atoms with Crippen LogP contribution < -0.4 is 0 Å². The monoisotopic (exact) mass is 389 g/mol. The molecule has 2 aliphatic rings. The normalized spacial score (nSPS) is 17.3. The van der Waals surface area contributed by atoms with Crippen molar-refractivity contribution >= 4 is 11.8 Å². The molecule has 0 spiro atoms. The van der Waals surface area contributed by atoms with Gasteiger partial charge in [0.2, 0.25) is 5.90 Å². The molecule has 1 aliphatic carbocycles. The number of ether oxygens (including phenoxy) is 1. The highest BCUT2D eigenvalue weighted by Crippen LogP contribution is 2.37. The Kier molecular flexibility index (Phi) is 6.28. The highest BCUT2D eigenvalue weighted by Gasteiger charge is 2.26. The molecular weight excluding hydrogens is 360 g/mol. The van der Waals surface area contributed by atoms with Crippen LogP contribution in [0.2, 0.25) is 0 Å². The van der Waals surface area contributed by atoms with E-state index >= 15 is 0 Å². The third-order valence-corrected chi connectivity index (χ3v) is 5.95. The summed E-state index contributed by atoms with van der Waals surface area (Å²) in [4.78, 5) is 12.5. The number of hydrogen-bond donors (Lipinski definition) is 0. The first-order valence-corrected chi connectivity index (χ1v) is 10.9. The summed E-state index contributed by atoms with van der Waals surface area (Å²) in [6, 6.07) is 17.5. The van der Waals surface area contributed by atoms with Crippen molar-refractivity contribution in [1.82, 2.24) is 5.01 Å². The number of hydrogen-bond acceptors (Lipinski definition) is 3. The smallest absolute Gasteiger partial charge is 0.281 e. The van der Waals surface area contributed by atoms with Gasteiger partial charge in [0.05, 0.1) is 6.54 Å². The van der Waals surface area contributed by atoms with Crippen LogP contribution in [0.25, 0.3) is 0 Å². The van der Waals surface area contributed by atoms with Gasteiger partial charge in [0, 0.05) is 5.56 Å². The van der Waals surface area contributed by atoms with Gasteiger partial charge in [0.1, 0.15) is 0 Å². The standard InChI is InChI=1S/C25H29N2O2/c1-2-3-15-23-21(14-9-16-22(23)19-10-7-8-11-19)17-27-24(28)18-29-25(26-27)20-12-5-4-6-13-20/h4-6,9,12-14,19H,2-3,7-8,10-11,15,17-18H2,1H3. The summed E-state index contributed by atoms with van der Waals surface area (Å²) in [6.07, 6.45) is 8.48. The predicted molar refractivity (Wildman–Crippen MR) is 115 cm³/mol. The molecule has 4 rings (SSSR count). The van der Waals surface area contributed by atoms with E-state index in [1.807, 2.05) is 36.4 Å². The number of hydrazone groups is 1. The molecule has 29 heavy (non-hydrogen) atoms. The Morgan fingerprint density at radius 1 is 1.17 bits per heavy atom. The van der Waals surface area contributed by atoms with Crippen molar-refractivity contribution in [2.24, 2.45) is 5.10 Å². The van der Waals surface area contributed by atoms with Crippen LogP contribution in [0, 0.1) is 6.07 Å². The van der Waals surface area contributed by atoms with E-state index in [9.17, 15) is 4.79 Å². The lowest BCUT2D eigenvalue weighted by Gasteiger charge is -2.26. The predicted octanol–water partition coefficient (Wildman–Crippen LogP) is 5.21. The van der Waals surface area contributed by atoms with Crippen LogP contribution in [0.5, 0.6) is 0 Å². The Bertz CT molecular complexity index is 870. The molecule has 2 aromatic carbocycles. The van der Waals surface area contributed by atoms with E-state index < -0.39 is 0 Å². The SMILES string of the molecule is CCCCc1c(C2CCCC2)[c]ccc1CN1N=C(c2ccccc2)OCC1=O. The molecule has 4 heteroatoms. The van der Waals surface area contributed by atoms with E-state index in [4.69, 9.17) is 4.74 Å². The molecule has 0 saturated heterocycles. The zero-order valence-electron chi connectivity index (χ0n) is 17.2. The number of carbonyl (C=O) groups is 1. The van der Waals surface area contributed by atoms with E-state index in [0.29, 0.717) is 18.4 Å². The number of amides is 1. The van der Waals surface area contributed by atoms with Crippen LogP contribution in [0.3, 0.4) is 0 Å². The number of benzene rings is 2. The molecule has 0 bridgehead atoms. The van der Waals surface area contributed by atoms with Crippen molar-refractivity contribution in [3.8, 4) is 0 Å². The maximum absolute atomic E-state index is 12.5. The Morgan fingerprint density at radius 2 is 1.97 bits per heavy atom. The van der Waals surface area contributed by atoms with Crippen LogP contribution in [-0.4, -0.2) is 23.4 Å². The molecule has 1 amide bonds. The number of unbranched alkanes of at least 4 members (excludes halogenated alkanes) is 1. The molecule has 1 aliphatic heterocycles. The first-order valence-electron chi connectivity index (χ1n) is 10.9. The van der Waals surface area contributed by atoms with Crippen molar-refractivity contribution in [3.63, 3.8) is 0 Å². The van der Waals surface area contributed by atoms with Crippen molar-refractivity contribution in [1.29, 1.82) is 0 Å². The maximum atomic E-state index is 12.5. The van der Waals surface area contributed by atoms with Crippen LogP contribution in [0.15, 0.2) is 47.6 Å². The summed E-state index contributed by atoms with van der Waals surface area (Å²) in [6.45, 7) is 2.75. The molecule has 1 heterocycles. The summed E-state index contributed by atoms with van der Waals surface area (Å²) in [5, 5.41) is 6.12.